The Morgan fingerprint density at radius 2 is 1.76 bits per heavy atom. The van der Waals surface area contributed by atoms with Gasteiger partial charge in [0, 0.05) is 82.8 Å². The third-order valence-electron chi connectivity index (χ3n) is 12.2. The number of pyridine rings is 1. The summed E-state index contributed by atoms with van der Waals surface area (Å²) in [6.07, 6.45) is 3.80. The molecule has 5 aliphatic heterocycles. The predicted molar refractivity (Wildman–Crippen MR) is 218 cm³/mol. The van der Waals surface area contributed by atoms with Crippen LogP contribution in [0, 0.1) is 11.3 Å². The Balaban J connectivity index is 0.776. The molecule has 5 aliphatic rings. The molecular weight excluding hydrogens is 780 g/mol. The van der Waals surface area contributed by atoms with Gasteiger partial charge in [-0.2, -0.15) is 4.98 Å². The van der Waals surface area contributed by atoms with Gasteiger partial charge < -0.3 is 34.6 Å². The summed E-state index contributed by atoms with van der Waals surface area (Å²) in [6.45, 7) is 5.87. The molecule has 9 rings (SSSR count). The molecular formula is C41H43ClN10O7. The molecule has 2 aromatic carbocycles. The summed E-state index contributed by atoms with van der Waals surface area (Å²) >= 11 is 6.56. The van der Waals surface area contributed by atoms with Gasteiger partial charge in [-0.3, -0.25) is 39.0 Å². The number of ether oxygens (including phenoxy) is 1. The molecule has 0 bridgehead atoms. The fourth-order valence-electron chi connectivity index (χ4n) is 9.19. The molecule has 0 aliphatic carbocycles. The maximum absolute atomic E-state index is 13.6. The molecule has 1 atom stereocenters. The van der Waals surface area contributed by atoms with Crippen LogP contribution in [0.3, 0.4) is 0 Å². The highest BCUT2D eigenvalue weighted by molar-refractivity contribution is 6.33. The molecule has 18 heteroatoms. The van der Waals surface area contributed by atoms with E-state index in [1.54, 1.807) is 31.4 Å². The fraction of sp³-hybridized carbons (Fsp3) is 0.415. The first-order valence-electron chi connectivity index (χ1n) is 19.7. The van der Waals surface area contributed by atoms with Crippen LogP contribution < -0.4 is 36.0 Å². The van der Waals surface area contributed by atoms with Crippen molar-refractivity contribution >= 4 is 75.2 Å². The van der Waals surface area contributed by atoms with Crippen LogP contribution in [0.15, 0.2) is 53.5 Å². The first-order valence-corrected chi connectivity index (χ1v) is 20.1. The summed E-state index contributed by atoms with van der Waals surface area (Å²) < 4.78 is 6.98. The number of piperidine rings is 2. The molecule has 306 valence electrons. The van der Waals surface area contributed by atoms with Crippen LogP contribution >= 0.6 is 11.6 Å². The number of halogens is 1. The number of aryl methyl sites for hydroxylation is 1. The Hall–Kier alpha value is -6.07. The summed E-state index contributed by atoms with van der Waals surface area (Å²) in [7, 11) is 3.15. The second-order valence-electron chi connectivity index (χ2n) is 16.2. The molecule has 2 aromatic heterocycles. The average molecular weight is 823 g/mol. The smallest absolute Gasteiger partial charge is 0.293 e. The molecule has 1 unspecified atom stereocenters. The number of carbonyl (C=O) groups is 5. The first-order chi connectivity index (χ1) is 28.4. The number of nitrogens with zero attached hydrogens (tertiary/aromatic N) is 7. The molecule has 1 spiro atoms. The van der Waals surface area contributed by atoms with Crippen molar-refractivity contribution < 1.29 is 28.7 Å². The highest BCUT2D eigenvalue weighted by atomic mass is 35.5. The number of benzene rings is 2. The second kappa shape index (κ2) is 14.9. The number of fused-ring (bicyclic) bond motifs is 2. The van der Waals surface area contributed by atoms with E-state index >= 15 is 0 Å². The number of imide groups is 2. The maximum atomic E-state index is 13.6. The van der Waals surface area contributed by atoms with Crippen molar-refractivity contribution in [2.75, 3.05) is 74.6 Å². The number of nitrogens with one attached hydrogen (secondary N) is 3. The first kappa shape index (κ1) is 38.4. The Morgan fingerprint density at radius 3 is 2.51 bits per heavy atom. The molecule has 4 aromatic rings. The third kappa shape index (κ3) is 7.01. The zero-order chi connectivity index (χ0) is 41.2. The molecule has 17 nitrogen and oxygen atoms in total. The van der Waals surface area contributed by atoms with E-state index in [1.165, 1.54) is 11.6 Å². The minimum absolute atomic E-state index is 0.0711. The van der Waals surface area contributed by atoms with Crippen LogP contribution in [0.5, 0.6) is 5.75 Å². The lowest BCUT2D eigenvalue weighted by molar-refractivity contribution is -0.136. The number of anilines is 4. The molecule has 7 heterocycles. The lowest BCUT2D eigenvalue weighted by Crippen LogP contribution is -2.72. The van der Waals surface area contributed by atoms with Gasteiger partial charge in [0.1, 0.15) is 11.1 Å². The van der Waals surface area contributed by atoms with Crippen molar-refractivity contribution in [2.45, 2.75) is 31.7 Å². The number of hydrogen-bond acceptors (Lipinski definition) is 13. The van der Waals surface area contributed by atoms with E-state index in [0.717, 1.165) is 74.6 Å². The molecule has 4 fully saturated rings. The van der Waals surface area contributed by atoms with Crippen molar-refractivity contribution in [3.8, 4) is 5.75 Å². The van der Waals surface area contributed by atoms with Crippen LogP contribution in [0.4, 0.5) is 23.1 Å². The van der Waals surface area contributed by atoms with Crippen LogP contribution in [-0.4, -0.2) is 119 Å². The van der Waals surface area contributed by atoms with Crippen molar-refractivity contribution in [1.29, 1.82) is 0 Å². The summed E-state index contributed by atoms with van der Waals surface area (Å²) in [5.41, 5.74) is 2.57. The molecule has 0 radical (unpaired) electrons. The van der Waals surface area contributed by atoms with E-state index in [9.17, 15) is 28.8 Å². The number of aromatic nitrogens is 3. The molecule has 5 amide bonds. The number of likely N-dealkylation sites (N-methyl/N-ethyl adjacent to an activating group) is 1. The van der Waals surface area contributed by atoms with Crippen molar-refractivity contribution in [3.05, 3.63) is 75.2 Å². The minimum Gasteiger partial charge on any atom is -0.478 e. The summed E-state index contributed by atoms with van der Waals surface area (Å²) in [4.78, 5) is 92.9. The highest BCUT2D eigenvalue weighted by Gasteiger charge is 2.54. The quantitative estimate of drug-likeness (QED) is 0.198. The highest BCUT2D eigenvalue weighted by Crippen LogP contribution is 2.45. The van der Waals surface area contributed by atoms with Gasteiger partial charge in [-0.15, -0.1) is 0 Å². The zero-order valence-corrected chi connectivity index (χ0v) is 33.4. The van der Waals surface area contributed by atoms with Crippen molar-refractivity contribution in [1.82, 2.24) is 35.0 Å². The summed E-state index contributed by atoms with van der Waals surface area (Å²) in [5.74, 6) is -0.661. The van der Waals surface area contributed by atoms with E-state index in [0.29, 0.717) is 45.0 Å². The second-order valence-corrected chi connectivity index (χ2v) is 16.6. The standard InChI is InChI=1S/C41H43ClN10O7/c1-43-33(54)18-59-31-15-24-14-25(6-7-28(24)48(2)38(31)57)45-35-27(42)16-44-40(47-35)50-12-10-23(11-13-50)17-49-19-41(20-49)21-51(22-41)29-5-3-4-26-34(29)39(58)52(37(26)56)30-8-9-32(53)46-36(30)55/h3-7,14-16,23,30H,8-13,17-22H2,1-2H3,(H,43,54)(H,44,45,47)(H,46,53,55). The Labute approximate surface area is 343 Å². The van der Waals surface area contributed by atoms with E-state index < -0.39 is 29.7 Å². The lowest BCUT2D eigenvalue weighted by Gasteiger charge is -2.61. The SMILES string of the molecule is CNC(=O)COc1cc2cc(Nc3nc(N4CCC(CN5CC6(C5)CN(c5cccc7c5C(=O)N(C5CCC(=O)NC5=O)C7=O)C6)CC4)ncc3Cl)ccc2n(C)c1=O. The number of rotatable bonds is 10. The monoisotopic (exact) mass is 822 g/mol. The van der Waals surface area contributed by atoms with Gasteiger partial charge >= 0.3 is 0 Å². The van der Waals surface area contributed by atoms with E-state index in [2.05, 4.69) is 35.6 Å². The van der Waals surface area contributed by atoms with Crippen LogP contribution in [-0.2, 0) is 21.4 Å². The van der Waals surface area contributed by atoms with E-state index in [4.69, 9.17) is 21.3 Å². The van der Waals surface area contributed by atoms with Crippen molar-refractivity contribution in [2.24, 2.45) is 18.4 Å². The molecule has 0 saturated carbocycles. The average Bonchev–Trinajstić information content (AvgIpc) is 3.45. The van der Waals surface area contributed by atoms with Crippen LogP contribution in [0.25, 0.3) is 10.9 Å². The topological polar surface area (TPSA) is 191 Å². The molecule has 3 N–H and O–H groups in total. The number of likely N-dealkylation sites (tertiary alicyclic amines) is 1. The minimum atomic E-state index is -0.988. The van der Waals surface area contributed by atoms with E-state index in [-0.39, 0.29) is 42.1 Å². The van der Waals surface area contributed by atoms with Gasteiger partial charge in [-0.1, -0.05) is 17.7 Å². The molecule has 59 heavy (non-hydrogen) atoms. The van der Waals surface area contributed by atoms with Gasteiger partial charge in [0.25, 0.3) is 23.3 Å². The van der Waals surface area contributed by atoms with Crippen molar-refractivity contribution in [3.63, 3.8) is 0 Å². The Kier molecular flexibility index (Phi) is 9.74. The van der Waals surface area contributed by atoms with Gasteiger partial charge in [-0.05, 0) is 61.6 Å². The van der Waals surface area contributed by atoms with Gasteiger partial charge in [0.05, 0.1) is 28.5 Å². The van der Waals surface area contributed by atoms with Gasteiger partial charge in [0.15, 0.2) is 18.2 Å². The zero-order valence-electron chi connectivity index (χ0n) is 32.6. The third-order valence-corrected chi connectivity index (χ3v) is 12.5. The predicted octanol–water partition coefficient (Wildman–Crippen LogP) is 2.29. The Bertz CT molecular complexity index is 2490. The fourth-order valence-corrected chi connectivity index (χ4v) is 9.33. The van der Waals surface area contributed by atoms with Crippen LogP contribution in [0.1, 0.15) is 46.4 Å². The summed E-state index contributed by atoms with van der Waals surface area (Å²) in [5, 5.41) is 9.13. The van der Waals surface area contributed by atoms with Crippen LogP contribution in [0.2, 0.25) is 5.02 Å². The summed E-state index contributed by atoms with van der Waals surface area (Å²) in [6, 6.07) is 11.4. The number of carbonyl (C=O) groups excluding carboxylic acids is 5. The Morgan fingerprint density at radius 1 is 0.983 bits per heavy atom. The van der Waals surface area contributed by atoms with E-state index in [1.807, 2.05) is 24.3 Å². The number of hydrogen-bond donors (Lipinski definition) is 3. The lowest BCUT2D eigenvalue weighted by atomic mass is 9.72. The largest absolute Gasteiger partial charge is 0.478 e. The maximum Gasteiger partial charge on any atom is 0.293 e. The normalized spacial score (nSPS) is 20.4. The van der Waals surface area contributed by atoms with Gasteiger partial charge in [0.2, 0.25) is 17.8 Å². The number of amides is 5. The van der Waals surface area contributed by atoms with Gasteiger partial charge in [-0.25, -0.2) is 4.98 Å². The molecule has 4 saturated heterocycles.